The highest BCUT2D eigenvalue weighted by Gasteiger charge is 2.14. The second-order valence-corrected chi connectivity index (χ2v) is 4.28. The van der Waals surface area contributed by atoms with E-state index in [0.717, 1.165) is 5.56 Å². The smallest absolute Gasteiger partial charge is 0.338 e. The van der Waals surface area contributed by atoms with E-state index in [1.165, 1.54) is 0 Å². The molecule has 0 bridgehead atoms. The first-order valence-electron chi connectivity index (χ1n) is 6.65. The zero-order chi connectivity index (χ0) is 15.0. The molecule has 0 heterocycles. The lowest BCUT2D eigenvalue weighted by Crippen LogP contribution is -2.34. The normalized spacial score (nSPS) is 10.2. The van der Waals surface area contributed by atoms with E-state index in [1.54, 1.807) is 30.2 Å². The van der Waals surface area contributed by atoms with Crippen LogP contribution in [-0.2, 0) is 20.9 Å². The number of amides is 1. The van der Waals surface area contributed by atoms with Crippen molar-refractivity contribution in [2.24, 2.45) is 0 Å². The number of hydrogen-bond donors (Lipinski definition) is 0. The standard InChI is InChI=1S/C15H21NO4/c1-4-16(5-2)14(17)11-20-15(18)13-8-6-7-12(9-13)10-19-3/h6-9H,4-5,10-11H2,1-3H3. The summed E-state index contributed by atoms with van der Waals surface area (Å²) >= 11 is 0. The molecule has 1 rings (SSSR count). The minimum Gasteiger partial charge on any atom is -0.452 e. The first kappa shape index (κ1) is 16.2. The van der Waals surface area contributed by atoms with Crippen LogP contribution in [-0.4, -0.2) is 43.6 Å². The quantitative estimate of drug-likeness (QED) is 0.715. The zero-order valence-electron chi connectivity index (χ0n) is 12.2. The fraction of sp³-hybridized carbons (Fsp3) is 0.467. The Hall–Kier alpha value is -1.88. The summed E-state index contributed by atoms with van der Waals surface area (Å²) < 4.78 is 10.0. The highest BCUT2D eigenvalue weighted by molar-refractivity contribution is 5.91. The number of benzene rings is 1. The Kier molecular flexibility index (Phi) is 6.73. The molecule has 1 aromatic rings. The third-order valence-corrected chi connectivity index (χ3v) is 2.92. The first-order chi connectivity index (χ1) is 9.62. The van der Waals surface area contributed by atoms with Gasteiger partial charge in [-0.1, -0.05) is 12.1 Å². The van der Waals surface area contributed by atoms with Crippen molar-refractivity contribution in [3.8, 4) is 0 Å². The molecule has 5 heteroatoms. The molecule has 0 atom stereocenters. The van der Waals surface area contributed by atoms with Crippen molar-refractivity contribution in [2.45, 2.75) is 20.5 Å². The molecule has 0 aliphatic rings. The van der Waals surface area contributed by atoms with Crippen molar-refractivity contribution in [2.75, 3.05) is 26.8 Å². The Balaban J connectivity index is 2.58. The number of esters is 1. The summed E-state index contributed by atoms with van der Waals surface area (Å²) in [6.07, 6.45) is 0. The van der Waals surface area contributed by atoms with Crippen LogP contribution in [0.2, 0.25) is 0 Å². The predicted octanol–water partition coefficient (Wildman–Crippen LogP) is 1.86. The molecule has 0 aliphatic carbocycles. The Bertz CT molecular complexity index is 455. The van der Waals surface area contributed by atoms with Gasteiger partial charge in [0.15, 0.2) is 6.61 Å². The predicted molar refractivity (Wildman–Crippen MR) is 75.4 cm³/mol. The van der Waals surface area contributed by atoms with Crippen LogP contribution in [0.15, 0.2) is 24.3 Å². The van der Waals surface area contributed by atoms with Crippen LogP contribution < -0.4 is 0 Å². The number of likely N-dealkylation sites (N-methyl/N-ethyl adjacent to an activating group) is 1. The van der Waals surface area contributed by atoms with E-state index in [0.29, 0.717) is 25.3 Å². The maximum atomic E-state index is 11.9. The average molecular weight is 279 g/mol. The third kappa shape index (κ3) is 4.66. The van der Waals surface area contributed by atoms with E-state index in [2.05, 4.69) is 0 Å². The number of rotatable bonds is 7. The van der Waals surface area contributed by atoms with Crippen LogP contribution >= 0.6 is 0 Å². The largest absolute Gasteiger partial charge is 0.452 e. The van der Waals surface area contributed by atoms with E-state index >= 15 is 0 Å². The molecule has 0 N–H and O–H groups in total. The van der Waals surface area contributed by atoms with Crippen LogP contribution in [0, 0.1) is 0 Å². The molecular weight excluding hydrogens is 258 g/mol. The number of carbonyl (C=O) groups excluding carboxylic acids is 2. The van der Waals surface area contributed by atoms with Crippen molar-refractivity contribution >= 4 is 11.9 Å². The number of methoxy groups -OCH3 is 1. The zero-order valence-corrected chi connectivity index (χ0v) is 12.2. The Morgan fingerprint density at radius 3 is 2.50 bits per heavy atom. The Morgan fingerprint density at radius 2 is 1.90 bits per heavy atom. The third-order valence-electron chi connectivity index (χ3n) is 2.92. The van der Waals surface area contributed by atoms with Crippen LogP contribution in [0.25, 0.3) is 0 Å². The summed E-state index contributed by atoms with van der Waals surface area (Å²) in [7, 11) is 1.59. The maximum Gasteiger partial charge on any atom is 0.338 e. The molecule has 0 aromatic heterocycles. The Morgan fingerprint density at radius 1 is 1.20 bits per heavy atom. The topological polar surface area (TPSA) is 55.8 Å². The van der Waals surface area contributed by atoms with Crippen molar-refractivity contribution in [1.29, 1.82) is 0 Å². The molecule has 1 amide bonds. The first-order valence-corrected chi connectivity index (χ1v) is 6.65. The summed E-state index contributed by atoms with van der Waals surface area (Å²) in [6, 6.07) is 6.98. The van der Waals surface area contributed by atoms with Crippen LogP contribution in [0.3, 0.4) is 0 Å². The van der Waals surface area contributed by atoms with Crippen LogP contribution in [0.4, 0.5) is 0 Å². The molecular formula is C15H21NO4. The summed E-state index contributed by atoms with van der Waals surface area (Å²) in [5.74, 6) is -0.681. The minimum absolute atomic E-state index is 0.184. The number of hydrogen-bond acceptors (Lipinski definition) is 4. The van der Waals surface area contributed by atoms with Crippen LogP contribution in [0.1, 0.15) is 29.8 Å². The summed E-state index contributed by atoms with van der Waals surface area (Å²) in [4.78, 5) is 25.2. The van der Waals surface area contributed by atoms with Crippen molar-refractivity contribution in [1.82, 2.24) is 4.90 Å². The van der Waals surface area contributed by atoms with Crippen molar-refractivity contribution < 1.29 is 19.1 Å². The monoisotopic (exact) mass is 279 g/mol. The van der Waals surface area contributed by atoms with Gasteiger partial charge in [-0.15, -0.1) is 0 Å². The van der Waals surface area contributed by atoms with Crippen molar-refractivity contribution in [3.63, 3.8) is 0 Å². The van der Waals surface area contributed by atoms with Crippen molar-refractivity contribution in [3.05, 3.63) is 35.4 Å². The van der Waals surface area contributed by atoms with E-state index in [1.807, 2.05) is 19.9 Å². The van der Waals surface area contributed by atoms with Crippen LogP contribution in [0.5, 0.6) is 0 Å². The molecule has 0 fully saturated rings. The summed E-state index contributed by atoms with van der Waals surface area (Å²) in [5, 5.41) is 0. The van der Waals surface area contributed by atoms with Gasteiger partial charge in [0.1, 0.15) is 0 Å². The maximum absolute atomic E-state index is 11.9. The lowest BCUT2D eigenvalue weighted by atomic mass is 10.1. The van der Waals surface area contributed by atoms with Gasteiger partial charge in [-0.05, 0) is 31.5 Å². The van der Waals surface area contributed by atoms with Gasteiger partial charge < -0.3 is 14.4 Å². The summed E-state index contributed by atoms with van der Waals surface area (Å²) in [5.41, 5.74) is 1.31. The minimum atomic E-state index is -0.497. The molecule has 0 unspecified atom stereocenters. The molecule has 20 heavy (non-hydrogen) atoms. The Labute approximate surface area is 119 Å². The molecule has 0 radical (unpaired) electrons. The number of carbonyl (C=O) groups is 2. The SMILES string of the molecule is CCN(CC)C(=O)COC(=O)c1cccc(COC)c1. The van der Waals surface area contributed by atoms with Gasteiger partial charge in [0.25, 0.3) is 5.91 Å². The molecule has 0 saturated heterocycles. The van der Waals surface area contributed by atoms with E-state index < -0.39 is 5.97 Å². The number of nitrogens with zero attached hydrogens (tertiary/aromatic N) is 1. The van der Waals surface area contributed by atoms with Gasteiger partial charge in [-0.2, -0.15) is 0 Å². The van der Waals surface area contributed by atoms with E-state index in [4.69, 9.17) is 9.47 Å². The highest BCUT2D eigenvalue weighted by Crippen LogP contribution is 2.08. The average Bonchev–Trinajstić information content (AvgIpc) is 2.46. The lowest BCUT2D eigenvalue weighted by Gasteiger charge is -2.18. The van der Waals surface area contributed by atoms with Gasteiger partial charge in [-0.25, -0.2) is 4.79 Å². The van der Waals surface area contributed by atoms with Gasteiger partial charge in [0, 0.05) is 20.2 Å². The molecule has 0 saturated carbocycles. The van der Waals surface area contributed by atoms with Gasteiger partial charge in [0.05, 0.1) is 12.2 Å². The van der Waals surface area contributed by atoms with Gasteiger partial charge >= 0.3 is 5.97 Å². The molecule has 1 aromatic carbocycles. The highest BCUT2D eigenvalue weighted by atomic mass is 16.5. The fourth-order valence-corrected chi connectivity index (χ4v) is 1.83. The van der Waals surface area contributed by atoms with E-state index in [-0.39, 0.29) is 12.5 Å². The molecule has 0 aliphatic heterocycles. The number of ether oxygens (including phenoxy) is 2. The molecule has 0 spiro atoms. The van der Waals surface area contributed by atoms with Gasteiger partial charge in [-0.3, -0.25) is 4.79 Å². The van der Waals surface area contributed by atoms with Gasteiger partial charge in [0.2, 0.25) is 0 Å². The lowest BCUT2D eigenvalue weighted by molar-refractivity contribution is -0.134. The second-order valence-electron chi connectivity index (χ2n) is 4.28. The molecule has 5 nitrogen and oxygen atoms in total. The second kappa shape index (κ2) is 8.32. The molecule has 110 valence electrons. The van der Waals surface area contributed by atoms with E-state index in [9.17, 15) is 9.59 Å². The summed E-state index contributed by atoms with van der Waals surface area (Å²) in [6.45, 7) is 5.19. The fourth-order valence-electron chi connectivity index (χ4n) is 1.83.